The molecule has 0 amide bonds. The smallest absolute Gasteiger partial charge is 0.198 e. The molecule has 1 saturated heterocycles. The van der Waals surface area contributed by atoms with Crippen LogP contribution in [-0.2, 0) is 10.3 Å². The van der Waals surface area contributed by atoms with Gasteiger partial charge in [-0.15, -0.1) is 0 Å². The van der Waals surface area contributed by atoms with Gasteiger partial charge in [-0.2, -0.15) is 0 Å². The van der Waals surface area contributed by atoms with Crippen LogP contribution in [0, 0.1) is 0 Å². The minimum atomic E-state index is -0.826. The maximum Gasteiger partial charge on any atom is 0.198 e. The summed E-state index contributed by atoms with van der Waals surface area (Å²) in [6.45, 7) is 5.12. The van der Waals surface area contributed by atoms with Gasteiger partial charge in [-0.3, -0.25) is 0 Å². The molecule has 4 nitrogen and oxygen atoms in total. The molecular weight excluding hydrogens is 266 g/mol. The van der Waals surface area contributed by atoms with E-state index >= 15 is 0 Å². The lowest BCUT2D eigenvalue weighted by molar-refractivity contribution is 0.0786. The van der Waals surface area contributed by atoms with Crippen molar-refractivity contribution in [3.8, 4) is 11.3 Å². The fourth-order valence-electron chi connectivity index (χ4n) is 2.60. The van der Waals surface area contributed by atoms with Gasteiger partial charge in [0.2, 0.25) is 0 Å². The van der Waals surface area contributed by atoms with Crippen molar-refractivity contribution in [1.29, 1.82) is 0 Å². The van der Waals surface area contributed by atoms with Gasteiger partial charge < -0.3 is 14.3 Å². The monoisotopic (exact) mass is 287 g/mol. The molecule has 0 unspecified atom stereocenters. The van der Waals surface area contributed by atoms with Gasteiger partial charge in [0, 0.05) is 24.7 Å². The highest BCUT2D eigenvalue weighted by Crippen LogP contribution is 2.30. The summed E-state index contributed by atoms with van der Waals surface area (Å²) in [6, 6.07) is 7.76. The van der Waals surface area contributed by atoms with Crippen LogP contribution < -0.4 is 0 Å². The number of aromatic nitrogens is 1. The van der Waals surface area contributed by atoms with E-state index in [9.17, 15) is 5.11 Å². The highest BCUT2D eigenvalue weighted by Gasteiger charge is 2.21. The topological polar surface area (TPSA) is 55.5 Å². The average molecular weight is 287 g/mol. The second-order valence-electron chi connectivity index (χ2n) is 6.09. The molecule has 0 radical (unpaired) electrons. The summed E-state index contributed by atoms with van der Waals surface area (Å²) in [5.74, 6) is 1.95. The van der Waals surface area contributed by atoms with Crippen LogP contribution >= 0.6 is 0 Å². The van der Waals surface area contributed by atoms with E-state index < -0.39 is 5.60 Å². The van der Waals surface area contributed by atoms with Gasteiger partial charge in [-0.25, -0.2) is 4.98 Å². The number of nitrogens with zero attached hydrogens (tertiary/aromatic N) is 1. The van der Waals surface area contributed by atoms with E-state index in [1.165, 1.54) is 0 Å². The van der Waals surface area contributed by atoms with Crippen molar-refractivity contribution in [2.45, 2.75) is 38.2 Å². The molecule has 4 heteroatoms. The molecule has 2 heterocycles. The zero-order valence-corrected chi connectivity index (χ0v) is 12.5. The summed E-state index contributed by atoms with van der Waals surface area (Å²) in [4.78, 5) is 4.42. The molecule has 3 rings (SSSR count). The summed E-state index contributed by atoms with van der Waals surface area (Å²) >= 11 is 0. The largest absolute Gasteiger partial charge is 0.440 e. The number of benzene rings is 1. The van der Waals surface area contributed by atoms with Crippen molar-refractivity contribution in [3.63, 3.8) is 0 Å². The van der Waals surface area contributed by atoms with Crippen LogP contribution in [-0.4, -0.2) is 23.3 Å². The average Bonchev–Trinajstić information content (AvgIpc) is 2.97. The predicted octanol–water partition coefficient (Wildman–Crippen LogP) is 3.46. The first-order chi connectivity index (χ1) is 10.0. The first-order valence-electron chi connectivity index (χ1n) is 7.41. The van der Waals surface area contributed by atoms with E-state index in [1.807, 2.05) is 24.3 Å². The fraction of sp³-hybridized carbons (Fsp3) is 0.471. The maximum absolute atomic E-state index is 9.98. The molecule has 1 aromatic heterocycles. The van der Waals surface area contributed by atoms with Crippen LogP contribution in [0.4, 0.5) is 0 Å². The van der Waals surface area contributed by atoms with Crippen LogP contribution in [0.15, 0.2) is 34.9 Å². The molecular formula is C17H21NO3. The second kappa shape index (κ2) is 5.62. The first kappa shape index (κ1) is 14.3. The summed E-state index contributed by atoms with van der Waals surface area (Å²) in [6.07, 6.45) is 3.72. The van der Waals surface area contributed by atoms with E-state index in [4.69, 9.17) is 9.15 Å². The lowest BCUT2D eigenvalue weighted by Crippen LogP contribution is -2.14. The molecule has 1 fully saturated rings. The number of hydrogen-bond acceptors (Lipinski definition) is 4. The molecule has 0 saturated carbocycles. The van der Waals surface area contributed by atoms with Gasteiger partial charge in [0.15, 0.2) is 11.7 Å². The molecule has 1 aromatic carbocycles. The minimum absolute atomic E-state index is 0.364. The quantitative estimate of drug-likeness (QED) is 0.939. The Kier molecular flexibility index (Phi) is 3.83. The van der Waals surface area contributed by atoms with Crippen molar-refractivity contribution in [1.82, 2.24) is 4.98 Å². The Bertz CT molecular complexity index is 589. The molecule has 112 valence electrons. The van der Waals surface area contributed by atoms with Gasteiger partial charge in [0.25, 0.3) is 0 Å². The van der Waals surface area contributed by atoms with Crippen LogP contribution in [0.5, 0.6) is 0 Å². The van der Waals surface area contributed by atoms with E-state index in [1.54, 1.807) is 20.0 Å². The molecule has 1 aliphatic rings. The van der Waals surface area contributed by atoms with Crippen molar-refractivity contribution in [3.05, 3.63) is 41.9 Å². The third-order valence-corrected chi connectivity index (χ3v) is 3.97. The van der Waals surface area contributed by atoms with Gasteiger partial charge in [0.1, 0.15) is 0 Å². The lowest BCUT2D eigenvalue weighted by Gasteiger charge is -2.18. The van der Waals surface area contributed by atoms with Gasteiger partial charge >= 0.3 is 0 Å². The lowest BCUT2D eigenvalue weighted by atomic mass is 9.97. The van der Waals surface area contributed by atoms with Crippen LogP contribution in [0.1, 0.15) is 44.1 Å². The second-order valence-corrected chi connectivity index (χ2v) is 6.09. The summed E-state index contributed by atoms with van der Waals surface area (Å²) in [5, 5.41) is 9.98. The molecule has 0 spiro atoms. The van der Waals surface area contributed by atoms with Crippen molar-refractivity contribution in [2.24, 2.45) is 0 Å². The predicted molar refractivity (Wildman–Crippen MR) is 80.0 cm³/mol. The number of ether oxygens (including phenoxy) is 1. The number of hydrogen-bond donors (Lipinski definition) is 1. The molecule has 0 atom stereocenters. The fourth-order valence-corrected chi connectivity index (χ4v) is 2.60. The summed E-state index contributed by atoms with van der Waals surface area (Å²) < 4.78 is 11.3. The molecule has 1 aliphatic heterocycles. The van der Waals surface area contributed by atoms with Crippen LogP contribution in [0.3, 0.4) is 0 Å². The summed E-state index contributed by atoms with van der Waals surface area (Å²) in [7, 11) is 0. The highest BCUT2D eigenvalue weighted by atomic mass is 16.5. The number of rotatable bonds is 3. The Labute approximate surface area is 124 Å². The SMILES string of the molecule is CC(C)(O)c1ccc(-c2cnc(C3CCOCC3)o2)cc1. The highest BCUT2D eigenvalue weighted by molar-refractivity contribution is 5.57. The Morgan fingerprint density at radius 1 is 1.14 bits per heavy atom. The van der Waals surface area contributed by atoms with E-state index in [-0.39, 0.29) is 0 Å². The van der Waals surface area contributed by atoms with Crippen molar-refractivity contribution >= 4 is 0 Å². The normalized spacial score (nSPS) is 17.1. The molecule has 2 aromatic rings. The van der Waals surface area contributed by atoms with Gasteiger partial charge in [0.05, 0.1) is 11.8 Å². The van der Waals surface area contributed by atoms with Crippen molar-refractivity contribution in [2.75, 3.05) is 13.2 Å². The van der Waals surface area contributed by atoms with Gasteiger partial charge in [-0.1, -0.05) is 24.3 Å². The van der Waals surface area contributed by atoms with Crippen molar-refractivity contribution < 1.29 is 14.3 Å². The Balaban J connectivity index is 1.79. The Hall–Kier alpha value is -1.65. The Morgan fingerprint density at radius 3 is 2.43 bits per heavy atom. The van der Waals surface area contributed by atoms with Crippen LogP contribution in [0.2, 0.25) is 0 Å². The zero-order chi connectivity index (χ0) is 14.9. The number of oxazole rings is 1. The zero-order valence-electron chi connectivity index (χ0n) is 12.5. The molecule has 0 aliphatic carbocycles. The maximum atomic E-state index is 9.98. The standard InChI is InChI=1S/C17H21NO3/c1-17(2,19)14-5-3-12(4-6-14)15-11-18-16(21-15)13-7-9-20-10-8-13/h3-6,11,13,19H,7-10H2,1-2H3. The first-order valence-corrected chi connectivity index (χ1v) is 7.41. The molecule has 21 heavy (non-hydrogen) atoms. The van der Waals surface area contributed by atoms with Crippen LogP contribution in [0.25, 0.3) is 11.3 Å². The number of aliphatic hydroxyl groups is 1. The van der Waals surface area contributed by atoms with Gasteiger partial charge in [-0.05, 0) is 32.3 Å². The van der Waals surface area contributed by atoms with E-state index in [0.29, 0.717) is 5.92 Å². The third-order valence-electron chi connectivity index (χ3n) is 3.97. The molecule has 1 N–H and O–H groups in total. The van der Waals surface area contributed by atoms with E-state index in [0.717, 1.165) is 48.8 Å². The Morgan fingerprint density at radius 2 is 1.81 bits per heavy atom. The van der Waals surface area contributed by atoms with E-state index in [2.05, 4.69) is 4.98 Å². The third kappa shape index (κ3) is 3.17. The molecule has 0 bridgehead atoms. The summed E-state index contributed by atoms with van der Waals surface area (Å²) in [5.41, 5.74) is 1.04. The minimum Gasteiger partial charge on any atom is -0.440 e.